The molecule has 8 rings (SSSR count). The number of carbonyl (C=O) groups is 2. The Morgan fingerprint density at radius 1 is 0.978 bits per heavy atom. The van der Waals surface area contributed by atoms with E-state index in [4.69, 9.17) is 25.7 Å². The van der Waals surface area contributed by atoms with E-state index >= 15 is 4.79 Å². The number of thiazole rings is 1. The normalized spacial score (nSPS) is 17.1. The van der Waals surface area contributed by atoms with Crippen molar-refractivity contribution in [1.29, 1.82) is 0 Å². The standard InChI is InChI=1S/C35H24ClN3O5S/c1-3-43-21-13-14-25-28(17-21)45-34(37-25)39-32(41)31-29(30(40)22-16-19(2)12-15-27(22)44-31)35(39)23-9-5-7-11-26(23)38(33(35)42)18-20-8-4-6-10-24(20)36/h4-17H,3,18H2,1-2H3. The lowest BCUT2D eigenvalue weighted by molar-refractivity contribution is -0.121. The molecule has 10 heteroatoms. The molecule has 6 aromatic rings. The molecule has 0 saturated carbocycles. The van der Waals surface area contributed by atoms with Crippen molar-refractivity contribution in [3.8, 4) is 5.75 Å². The zero-order chi connectivity index (χ0) is 31.0. The molecule has 1 spiro atoms. The van der Waals surface area contributed by atoms with Gasteiger partial charge in [0.25, 0.3) is 11.8 Å². The molecule has 222 valence electrons. The highest BCUT2D eigenvalue weighted by Gasteiger charge is 2.66. The summed E-state index contributed by atoms with van der Waals surface area (Å²) in [7, 11) is 0. The van der Waals surface area contributed by atoms with Gasteiger partial charge < -0.3 is 14.1 Å². The highest BCUT2D eigenvalue weighted by molar-refractivity contribution is 7.22. The molecule has 0 bridgehead atoms. The van der Waals surface area contributed by atoms with Gasteiger partial charge in [0.1, 0.15) is 11.3 Å². The van der Waals surface area contributed by atoms with E-state index in [1.54, 1.807) is 35.2 Å². The van der Waals surface area contributed by atoms with Crippen LogP contribution >= 0.6 is 22.9 Å². The number of para-hydroxylation sites is 1. The fourth-order valence-corrected chi connectivity index (χ4v) is 7.72. The van der Waals surface area contributed by atoms with Crippen LogP contribution in [0.15, 0.2) is 94.1 Å². The van der Waals surface area contributed by atoms with Crippen LogP contribution in [0, 0.1) is 6.92 Å². The minimum atomic E-state index is -1.86. The lowest BCUT2D eigenvalue weighted by Gasteiger charge is -2.32. The first kappa shape index (κ1) is 27.6. The Hall–Kier alpha value is -4.99. The number of amides is 2. The number of hydrogen-bond acceptors (Lipinski definition) is 7. The molecule has 2 aliphatic rings. The summed E-state index contributed by atoms with van der Waals surface area (Å²) in [6, 6.07) is 25.2. The molecule has 2 amide bonds. The van der Waals surface area contributed by atoms with Crippen LogP contribution in [0.1, 0.15) is 39.7 Å². The van der Waals surface area contributed by atoms with Crippen molar-refractivity contribution >= 4 is 66.8 Å². The fourth-order valence-electron chi connectivity index (χ4n) is 6.48. The van der Waals surface area contributed by atoms with Gasteiger partial charge in [-0.25, -0.2) is 4.98 Å². The molecule has 0 N–H and O–H groups in total. The van der Waals surface area contributed by atoms with Crippen molar-refractivity contribution in [1.82, 2.24) is 4.98 Å². The molecule has 2 aromatic heterocycles. The van der Waals surface area contributed by atoms with E-state index in [2.05, 4.69) is 0 Å². The monoisotopic (exact) mass is 633 g/mol. The third-order valence-corrected chi connectivity index (χ3v) is 9.79. The Bertz CT molecular complexity index is 2300. The Morgan fingerprint density at radius 2 is 1.78 bits per heavy atom. The predicted octanol–water partition coefficient (Wildman–Crippen LogP) is 7.21. The molecule has 8 nitrogen and oxygen atoms in total. The summed E-state index contributed by atoms with van der Waals surface area (Å²) in [4.78, 5) is 52.1. The van der Waals surface area contributed by atoms with E-state index in [0.29, 0.717) is 39.5 Å². The van der Waals surface area contributed by atoms with Crippen molar-refractivity contribution in [2.75, 3.05) is 16.4 Å². The molecule has 1 atom stereocenters. The molecular formula is C35H24ClN3O5S. The minimum Gasteiger partial charge on any atom is -0.494 e. The molecule has 4 aromatic carbocycles. The number of carbonyl (C=O) groups excluding carboxylic acids is 2. The first-order valence-electron chi connectivity index (χ1n) is 14.4. The third-order valence-electron chi connectivity index (χ3n) is 8.42. The van der Waals surface area contributed by atoms with Gasteiger partial charge in [-0.05, 0) is 61.9 Å². The first-order valence-corrected chi connectivity index (χ1v) is 15.6. The van der Waals surface area contributed by atoms with Crippen molar-refractivity contribution in [2.45, 2.75) is 25.9 Å². The highest BCUT2D eigenvalue weighted by Crippen LogP contribution is 2.55. The highest BCUT2D eigenvalue weighted by atomic mass is 35.5. The van der Waals surface area contributed by atoms with Crippen LogP contribution in [0.2, 0.25) is 5.02 Å². The third kappa shape index (κ3) is 3.84. The van der Waals surface area contributed by atoms with Crippen LogP contribution in [0.5, 0.6) is 5.75 Å². The summed E-state index contributed by atoms with van der Waals surface area (Å²) in [5, 5.41) is 1.06. The van der Waals surface area contributed by atoms with Gasteiger partial charge in [0.05, 0.1) is 40.0 Å². The lowest BCUT2D eigenvalue weighted by atomic mass is 9.84. The van der Waals surface area contributed by atoms with E-state index in [1.807, 2.05) is 68.4 Å². The van der Waals surface area contributed by atoms with Crippen LogP contribution < -0.4 is 20.0 Å². The zero-order valence-corrected chi connectivity index (χ0v) is 25.7. The number of nitrogens with zero attached hydrogens (tertiary/aromatic N) is 3. The second-order valence-corrected chi connectivity index (χ2v) is 12.5. The molecular weight excluding hydrogens is 610 g/mol. The van der Waals surface area contributed by atoms with Crippen LogP contribution in [0.25, 0.3) is 21.2 Å². The predicted molar refractivity (Wildman–Crippen MR) is 175 cm³/mol. The average Bonchev–Trinajstić information content (AvgIpc) is 3.64. The summed E-state index contributed by atoms with van der Waals surface area (Å²) in [6.45, 7) is 4.40. The number of aryl methyl sites for hydroxylation is 1. The Morgan fingerprint density at radius 3 is 2.60 bits per heavy atom. The van der Waals surface area contributed by atoms with Gasteiger partial charge in [0.2, 0.25) is 5.76 Å². The van der Waals surface area contributed by atoms with Crippen molar-refractivity contribution < 1.29 is 18.7 Å². The van der Waals surface area contributed by atoms with E-state index < -0.39 is 22.8 Å². The summed E-state index contributed by atoms with van der Waals surface area (Å²) < 4.78 is 12.7. The van der Waals surface area contributed by atoms with Crippen molar-refractivity contribution in [2.24, 2.45) is 0 Å². The van der Waals surface area contributed by atoms with Gasteiger partial charge in [-0.1, -0.05) is 71.0 Å². The maximum atomic E-state index is 15.2. The van der Waals surface area contributed by atoms with Gasteiger partial charge in [0.15, 0.2) is 16.1 Å². The average molecular weight is 634 g/mol. The van der Waals surface area contributed by atoms with E-state index in [-0.39, 0.29) is 28.6 Å². The fraction of sp³-hybridized carbons (Fsp3) is 0.143. The molecule has 0 fully saturated rings. The smallest absolute Gasteiger partial charge is 0.297 e. The molecule has 4 heterocycles. The number of hydrogen-bond donors (Lipinski definition) is 0. The van der Waals surface area contributed by atoms with Crippen molar-refractivity contribution in [3.63, 3.8) is 0 Å². The first-order chi connectivity index (χ1) is 21.8. The number of rotatable bonds is 5. The lowest BCUT2D eigenvalue weighted by Crippen LogP contribution is -2.53. The second kappa shape index (κ2) is 10.0. The summed E-state index contributed by atoms with van der Waals surface area (Å²) in [5.74, 6) is -0.591. The molecule has 0 saturated heterocycles. The van der Waals surface area contributed by atoms with Crippen LogP contribution in [0.3, 0.4) is 0 Å². The number of aromatic nitrogens is 1. The molecule has 45 heavy (non-hydrogen) atoms. The van der Waals surface area contributed by atoms with Gasteiger partial charge in [0, 0.05) is 10.6 Å². The SMILES string of the molecule is CCOc1ccc2nc(N3C(=O)c4oc5ccc(C)cc5c(=O)c4C34C(=O)N(Cc3ccccc3Cl)c3ccccc34)sc2c1. The summed E-state index contributed by atoms with van der Waals surface area (Å²) in [5.41, 5.74) is 1.21. The van der Waals surface area contributed by atoms with Crippen LogP contribution in [-0.2, 0) is 16.9 Å². The molecule has 0 aliphatic carbocycles. The van der Waals surface area contributed by atoms with Crippen LogP contribution in [-0.4, -0.2) is 23.4 Å². The van der Waals surface area contributed by atoms with E-state index in [1.165, 1.54) is 16.2 Å². The largest absolute Gasteiger partial charge is 0.494 e. The number of ether oxygens (including phenoxy) is 1. The molecule has 1 unspecified atom stereocenters. The van der Waals surface area contributed by atoms with Crippen molar-refractivity contribution in [3.05, 3.63) is 128 Å². The number of anilines is 2. The molecule has 2 aliphatic heterocycles. The minimum absolute atomic E-state index is 0.0148. The van der Waals surface area contributed by atoms with E-state index in [0.717, 1.165) is 15.8 Å². The number of halogens is 1. The Labute approximate surface area is 266 Å². The van der Waals surface area contributed by atoms with Gasteiger partial charge in [-0.15, -0.1) is 0 Å². The van der Waals surface area contributed by atoms with Gasteiger partial charge in [-0.2, -0.15) is 0 Å². The number of benzene rings is 4. The maximum Gasteiger partial charge on any atom is 0.297 e. The summed E-state index contributed by atoms with van der Waals surface area (Å²) in [6.07, 6.45) is 0. The number of fused-ring (bicyclic) bond motifs is 6. The second-order valence-electron chi connectivity index (χ2n) is 11.0. The maximum absolute atomic E-state index is 15.2. The zero-order valence-electron chi connectivity index (χ0n) is 24.2. The molecule has 0 radical (unpaired) electrons. The van der Waals surface area contributed by atoms with E-state index in [9.17, 15) is 9.59 Å². The Kier molecular flexibility index (Phi) is 6.13. The summed E-state index contributed by atoms with van der Waals surface area (Å²) >= 11 is 7.80. The quantitative estimate of drug-likeness (QED) is 0.199. The van der Waals surface area contributed by atoms with Gasteiger partial charge in [-0.3, -0.25) is 19.3 Å². The topological polar surface area (TPSA) is 93.0 Å². The Balaban J connectivity index is 1.43. The van der Waals surface area contributed by atoms with Gasteiger partial charge >= 0.3 is 0 Å². The van der Waals surface area contributed by atoms with Crippen LogP contribution in [0.4, 0.5) is 10.8 Å².